The van der Waals surface area contributed by atoms with E-state index in [0.29, 0.717) is 25.7 Å². The van der Waals surface area contributed by atoms with Crippen molar-refractivity contribution < 1.29 is 80.2 Å². The molecular formula is C88H172O17P2. The van der Waals surface area contributed by atoms with E-state index < -0.39 is 97.5 Å². The van der Waals surface area contributed by atoms with Gasteiger partial charge in [-0.25, -0.2) is 9.13 Å². The summed E-state index contributed by atoms with van der Waals surface area (Å²) in [6.45, 7) is 12.1. The third-order valence-corrected chi connectivity index (χ3v) is 23.3. The molecule has 4 unspecified atom stereocenters. The van der Waals surface area contributed by atoms with Crippen LogP contribution in [-0.2, 0) is 65.4 Å². The number of phosphoric ester groups is 2. The SMILES string of the molecule is CCCCCCCCCCCCCCCCCCCCCC(=O)O[C@H](COC(=O)CCCCCCCCCCCCCCCCCC(C)C)COP(=O)(O)OC[C@@H](O)COP(=O)(O)OC[C@@H](COC(=O)CCCCCCCCCCC(C)CC)OC(=O)CCCCCCCCCCCCCCCCC(C)CC. The molecule has 0 aromatic carbocycles. The fourth-order valence-electron chi connectivity index (χ4n) is 13.7. The summed E-state index contributed by atoms with van der Waals surface area (Å²) in [5.41, 5.74) is 0. The lowest BCUT2D eigenvalue weighted by atomic mass is 9.99. The molecule has 0 aliphatic rings. The highest BCUT2D eigenvalue weighted by Gasteiger charge is 2.31. The first-order valence-corrected chi connectivity index (χ1v) is 48.4. The first kappa shape index (κ1) is 105. The number of carbonyl (C=O) groups is 4. The van der Waals surface area contributed by atoms with Crippen LogP contribution in [0.1, 0.15) is 466 Å². The molecule has 19 heteroatoms. The Morgan fingerprint density at radius 1 is 0.271 bits per heavy atom. The average Bonchev–Trinajstić information content (AvgIpc) is 0.919. The standard InChI is InChI=1S/C88H172O17P2/c1-8-11-12-13-14-15-16-17-18-19-20-21-24-31-36-41-50-57-64-71-87(92)104-83(75-98-85(90)69-62-55-48-40-35-30-25-22-23-28-33-38-45-52-59-66-79(4)5)77-102-106(94,95)100-73-82(89)74-101-107(96,97)103-78-84(76-99-86(91)70-63-56-49-44-43-47-54-61-68-81(7)10-3)105-88(93)72-65-58-51-42-37-32-27-26-29-34-39-46-53-60-67-80(6)9-2/h79-84,89H,8-78H2,1-7H3,(H,94,95)(H,96,97)/t80?,81?,82-,83-,84-/m1/s1. The monoisotopic (exact) mass is 1560 g/mol. The molecule has 0 rings (SSSR count). The molecule has 0 heterocycles. The predicted octanol–water partition coefficient (Wildman–Crippen LogP) is 26.9. The van der Waals surface area contributed by atoms with Gasteiger partial charge in [0.25, 0.3) is 0 Å². The maximum Gasteiger partial charge on any atom is 0.472 e. The van der Waals surface area contributed by atoms with Gasteiger partial charge in [0, 0.05) is 25.7 Å². The molecule has 0 saturated heterocycles. The van der Waals surface area contributed by atoms with Crippen LogP contribution in [0.4, 0.5) is 0 Å². The zero-order valence-electron chi connectivity index (χ0n) is 70.6. The second-order valence-corrected chi connectivity index (χ2v) is 35.5. The Labute approximate surface area is 658 Å². The Kier molecular flexibility index (Phi) is 76.6. The highest BCUT2D eigenvalue weighted by atomic mass is 31.2. The third-order valence-electron chi connectivity index (χ3n) is 21.4. The van der Waals surface area contributed by atoms with Crippen LogP contribution in [0.2, 0.25) is 0 Å². The van der Waals surface area contributed by atoms with E-state index in [1.54, 1.807) is 0 Å². The van der Waals surface area contributed by atoms with Gasteiger partial charge >= 0.3 is 39.5 Å². The summed E-state index contributed by atoms with van der Waals surface area (Å²) in [4.78, 5) is 73.3. The zero-order valence-corrected chi connectivity index (χ0v) is 72.4. The summed E-state index contributed by atoms with van der Waals surface area (Å²) in [7, 11) is -9.93. The van der Waals surface area contributed by atoms with E-state index in [1.165, 1.54) is 276 Å². The van der Waals surface area contributed by atoms with Crippen LogP contribution in [0.5, 0.6) is 0 Å². The van der Waals surface area contributed by atoms with Gasteiger partial charge in [0.05, 0.1) is 26.4 Å². The Balaban J connectivity index is 5.27. The molecule has 17 nitrogen and oxygen atoms in total. The van der Waals surface area contributed by atoms with Crippen molar-refractivity contribution in [1.29, 1.82) is 0 Å². The molecule has 7 atom stereocenters. The van der Waals surface area contributed by atoms with Crippen LogP contribution in [0.15, 0.2) is 0 Å². The van der Waals surface area contributed by atoms with E-state index in [1.807, 2.05) is 0 Å². The number of ether oxygens (including phenoxy) is 4. The van der Waals surface area contributed by atoms with Crippen molar-refractivity contribution in [2.24, 2.45) is 17.8 Å². The van der Waals surface area contributed by atoms with E-state index in [-0.39, 0.29) is 25.7 Å². The van der Waals surface area contributed by atoms with Gasteiger partial charge in [-0.3, -0.25) is 37.3 Å². The van der Waals surface area contributed by atoms with Crippen LogP contribution in [-0.4, -0.2) is 96.7 Å². The van der Waals surface area contributed by atoms with Crippen molar-refractivity contribution in [3.63, 3.8) is 0 Å². The van der Waals surface area contributed by atoms with Gasteiger partial charge < -0.3 is 33.8 Å². The number of hydrogen-bond acceptors (Lipinski definition) is 15. The normalized spacial score (nSPS) is 14.3. The summed E-state index contributed by atoms with van der Waals surface area (Å²) >= 11 is 0. The number of rotatable bonds is 86. The highest BCUT2D eigenvalue weighted by molar-refractivity contribution is 7.47. The lowest BCUT2D eigenvalue weighted by Gasteiger charge is -2.21. The fraction of sp³-hybridized carbons (Fsp3) is 0.955. The summed E-state index contributed by atoms with van der Waals surface area (Å²) in [6.07, 6.45) is 69.3. The molecule has 0 saturated carbocycles. The largest absolute Gasteiger partial charge is 0.472 e. The molecule has 0 aliphatic heterocycles. The van der Waals surface area contributed by atoms with Crippen molar-refractivity contribution in [1.82, 2.24) is 0 Å². The van der Waals surface area contributed by atoms with Gasteiger partial charge in [-0.1, -0.05) is 414 Å². The lowest BCUT2D eigenvalue weighted by Crippen LogP contribution is -2.30. The molecule has 0 amide bonds. The maximum atomic E-state index is 13.2. The topological polar surface area (TPSA) is 237 Å². The summed E-state index contributed by atoms with van der Waals surface area (Å²) < 4.78 is 69.0. The summed E-state index contributed by atoms with van der Waals surface area (Å²) in [5.74, 6) is 0.328. The Hall–Kier alpha value is -1.94. The number of carbonyl (C=O) groups excluding carboxylic acids is 4. The highest BCUT2D eigenvalue weighted by Crippen LogP contribution is 2.45. The Morgan fingerprint density at radius 3 is 0.710 bits per heavy atom. The number of aliphatic hydroxyl groups is 1. The zero-order chi connectivity index (χ0) is 78.6. The summed E-state index contributed by atoms with van der Waals surface area (Å²) in [6, 6.07) is 0. The second kappa shape index (κ2) is 78.0. The molecule has 0 aliphatic carbocycles. The van der Waals surface area contributed by atoms with Crippen molar-refractivity contribution in [2.75, 3.05) is 39.6 Å². The van der Waals surface area contributed by atoms with Crippen LogP contribution < -0.4 is 0 Å². The molecule has 3 N–H and O–H groups in total. The van der Waals surface area contributed by atoms with Crippen molar-refractivity contribution in [3.05, 3.63) is 0 Å². The first-order chi connectivity index (χ1) is 51.8. The lowest BCUT2D eigenvalue weighted by molar-refractivity contribution is -0.161. The van der Waals surface area contributed by atoms with E-state index in [0.717, 1.165) is 108 Å². The minimum absolute atomic E-state index is 0.107. The first-order valence-electron chi connectivity index (χ1n) is 45.4. The molecule has 0 fully saturated rings. The van der Waals surface area contributed by atoms with Gasteiger partial charge in [-0.15, -0.1) is 0 Å². The van der Waals surface area contributed by atoms with Gasteiger partial charge in [-0.2, -0.15) is 0 Å². The number of aliphatic hydroxyl groups excluding tert-OH is 1. The van der Waals surface area contributed by atoms with Crippen LogP contribution in [0, 0.1) is 17.8 Å². The molecule has 0 bridgehead atoms. The average molecular weight is 1560 g/mol. The van der Waals surface area contributed by atoms with E-state index >= 15 is 0 Å². The Morgan fingerprint density at radius 2 is 0.477 bits per heavy atom. The maximum absolute atomic E-state index is 13.2. The fourth-order valence-corrected chi connectivity index (χ4v) is 15.2. The summed E-state index contributed by atoms with van der Waals surface area (Å²) in [5, 5.41) is 10.7. The minimum Gasteiger partial charge on any atom is -0.462 e. The van der Waals surface area contributed by atoms with E-state index in [9.17, 15) is 43.2 Å². The van der Waals surface area contributed by atoms with Crippen molar-refractivity contribution >= 4 is 39.5 Å². The molecular weight excluding hydrogens is 1390 g/mol. The van der Waals surface area contributed by atoms with Crippen molar-refractivity contribution in [2.45, 2.75) is 484 Å². The van der Waals surface area contributed by atoms with Gasteiger partial charge in [0.15, 0.2) is 12.2 Å². The van der Waals surface area contributed by atoms with Crippen molar-refractivity contribution in [3.8, 4) is 0 Å². The molecule has 0 aromatic rings. The number of hydrogen-bond donors (Lipinski definition) is 3. The minimum atomic E-state index is -4.97. The van der Waals surface area contributed by atoms with E-state index in [2.05, 4.69) is 48.5 Å². The van der Waals surface area contributed by atoms with Gasteiger partial charge in [-0.05, 0) is 43.4 Å². The molecule has 0 aromatic heterocycles. The van der Waals surface area contributed by atoms with Gasteiger partial charge in [0.2, 0.25) is 0 Å². The number of esters is 4. The van der Waals surface area contributed by atoms with E-state index in [4.69, 9.17) is 37.0 Å². The number of unbranched alkanes of at least 4 members (excludes halogenated alkanes) is 52. The van der Waals surface area contributed by atoms with Gasteiger partial charge in [0.1, 0.15) is 19.3 Å². The molecule has 0 radical (unpaired) electrons. The molecule has 0 spiro atoms. The van der Waals surface area contributed by atoms with Crippen LogP contribution in [0.25, 0.3) is 0 Å². The van der Waals surface area contributed by atoms with Crippen LogP contribution in [0.3, 0.4) is 0 Å². The number of phosphoric acid groups is 2. The molecule has 636 valence electrons. The smallest absolute Gasteiger partial charge is 0.462 e. The predicted molar refractivity (Wildman–Crippen MR) is 441 cm³/mol. The Bertz CT molecular complexity index is 2060. The molecule has 107 heavy (non-hydrogen) atoms. The quantitative estimate of drug-likeness (QED) is 0.0222. The second-order valence-electron chi connectivity index (χ2n) is 32.6. The van der Waals surface area contributed by atoms with Crippen LogP contribution >= 0.6 is 15.6 Å². The third kappa shape index (κ3) is 79.1.